The summed E-state index contributed by atoms with van der Waals surface area (Å²) < 4.78 is 21.4. The second kappa shape index (κ2) is 4.57. The summed E-state index contributed by atoms with van der Waals surface area (Å²) >= 11 is -2.27. The molecule has 0 heterocycles. The van der Waals surface area contributed by atoms with Gasteiger partial charge in [0.15, 0.2) is 11.5 Å². The van der Waals surface area contributed by atoms with E-state index in [-0.39, 0.29) is 16.4 Å². The van der Waals surface area contributed by atoms with Crippen LogP contribution in [0.15, 0.2) is 47.4 Å². The molecule has 1 atom stereocenters. The van der Waals surface area contributed by atoms with Crippen LogP contribution in [-0.4, -0.2) is 19.0 Å². The average Bonchev–Trinajstić information content (AvgIpc) is 2.33. The first-order valence-electron chi connectivity index (χ1n) is 4.80. The molecule has 4 nitrogen and oxygen atoms in total. The molecule has 0 aliphatic heterocycles. The minimum absolute atomic E-state index is 0.174. The van der Waals surface area contributed by atoms with E-state index in [4.69, 9.17) is 0 Å². The summed E-state index contributed by atoms with van der Waals surface area (Å²) in [5.41, 5.74) is 1.08. The summed E-state index contributed by atoms with van der Waals surface area (Å²) in [6, 6.07) is 10.6. The Morgan fingerprint density at radius 2 is 1.65 bits per heavy atom. The van der Waals surface area contributed by atoms with Crippen molar-refractivity contribution in [1.29, 1.82) is 0 Å². The van der Waals surface area contributed by atoms with Gasteiger partial charge < -0.3 is 14.8 Å². The first-order chi connectivity index (χ1) is 8.09. The largest absolute Gasteiger partial charge is 0.768 e. The predicted octanol–water partition coefficient (Wildman–Crippen LogP) is 2.00. The van der Waals surface area contributed by atoms with Crippen LogP contribution in [0.5, 0.6) is 11.5 Å². The first kappa shape index (κ1) is 11.6. The van der Waals surface area contributed by atoms with Crippen LogP contribution in [0.1, 0.15) is 0 Å². The van der Waals surface area contributed by atoms with Crippen molar-refractivity contribution in [3.63, 3.8) is 0 Å². The molecule has 2 rings (SSSR count). The topological polar surface area (TPSA) is 80.6 Å². The lowest BCUT2D eigenvalue weighted by molar-refractivity contribution is 0.405. The molecule has 0 amide bonds. The molecule has 2 aromatic carbocycles. The average molecular weight is 249 g/mol. The van der Waals surface area contributed by atoms with E-state index in [1.807, 2.05) is 0 Å². The summed E-state index contributed by atoms with van der Waals surface area (Å²) in [6.45, 7) is 0. The van der Waals surface area contributed by atoms with Crippen LogP contribution in [0, 0.1) is 0 Å². The standard InChI is InChI=1S/C12H10O4S/c13-11-3-1-2-10(12(11)14)8-4-6-9(7-5-8)17(15)16/h1-7,13-14H,(H,15,16)/p-1. The third kappa shape index (κ3) is 2.30. The molecule has 0 spiro atoms. The maximum absolute atomic E-state index is 10.7. The van der Waals surface area contributed by atoms with E-state index in [2.05, 4.69) is 0 Å². The molecule has 0 aliphatic rings. The Balaban J connectivity index is 2.47. The van der Waals surface area contributed by atoms with Crippen molar-refractivity contribution in [2.75, 3.05) is 0 Å². The fraction of sp³-hybridized carbons (Fsp3) is 0. The molecule has 5 heteroatoms. The highest BCUT2D eigenvalue weighted by Crippen LogP contribution is 2.36. The Labute approximate surface area is 100 Å². The van der Waals surface area contributed by atoms with E-state index in [0.29, 0.717) is 11.1 Å². The zero-order valence-electron chi connectivity index (χ0n) is 8.66. The van der Waals surface area contributed by atoms with Crippen LogP contribution >= 0.6 is 0 Å². The number of phenols is 2. The van der Waals surface area contributed by atoms with Crippen molar-refractivity contribution >= 4 is 11.1 Å². The number of phenolic OH excluding ortho intramolecular Hbond substituents is 2. The van der Waals surface area contributed by atoms with Crippen LogP contribution < -0.4 is 0 Å². The molecule has 17 heavy (non-hydrogen) atoms. The molecule has 88 valence electrons. The van der Waals surface area contributed by atoms with Crippen LogP contribution in [0.4, 0.5) is 0 Å². The first-order valence-corrected chi connectivity index (χ1v) is 5.87. The number of aromatic hydroxyl groups is 2. The van der Waals surface area contributed by atoms with Gasteiger partial charge in [0.1, 0.15) is 0 Å². The maximum atomic E-state index is 10.7. The van der Waals surface area contributed by atoms with E-state index in [1.54, 1.807) is 24.3 Å². The van der Waals surface area contributed by atoms with Gasteiger partial charge in [-0.2, -0.15) is 0 Å². The highest BCUT2D eigenvalue weighted by atomic mass is 32.2. The number of hydrogen-bond donors (Lipinski definition) is 2. The maximum Gasteiger partial charge on any atom is 0.165 e. The summed E-state index contributed by atoms with van der Waals surface area (Å²) in [6.07, 6.45) is 0. The van der Waals surface area contributed by atoms with Gasteiger partial charge in [0, 0.05) is 10.5 Å². The van der Waals surface area contributed by atoms with Gasteiger partial charge in [-0.25, -0.2) is 0 Å². The monoisotopic (exact) mass is 249 g/mol. The van der Waals surface area contributed by atoms with Crippen molar-refractivity contribution in [2.24, 2.45) is 0 Å². The normalized spacial score (nSPS) is 12.3. The Hall–Kier alpha value is -1.85. The summed E-state index contributed by atoms with van der Waals surface area (Å²) in [4.78, 5) is 0.174. The lowest BCUT2D eigenvalue weighted by Gasteiger charge is -2.08. The van der Waals surface area contributed by atoms with Crippen LogP contribution in [0.25, 0.3) is 11.1 Å². The Bertz CT molecular complexity index is 563. The molecule has 0 fully saturated rings. The van der Waals surface area contributed by atoms with Gasteiger partial charge in [0.05, 0.1) is 0 Å². The SMILES string of the molecule is O=S([O-])c1ccc(-c2cccc(O)c2O)cc1. The van der Waals surface area contributed by atoms with E-state index >= 15 is 0 Å². The third-order valence-electron chi connectivity index (χ3n) is 2.37. The number of benzene rings is 2. The molecule has 1 unspecified atom stereocenters. The molecule has 2 N–H and O–H groups in total. The van der Waals surface area contributed by atoms with Crippen molar-refractivity contribution in [3.05, 3.63) is 42.5 Å². The molecule has 0 radical (unpaired) electrons. The zero-order valence-corrected chi connectivity index (χ0v) is 9.48. The van der Waals surface area contributed by atoms with Gasteiger partial charge in [-0.1, -0.05) is 24.3 Å². The summed E-state index contributed by atoms with van der Waals surface area (Å²) in [5, 5.41) is 19.0. The van der Waals surface area contributed by atoms with Crippen molar-refractivity contribution in [2.45, 2.75) is 4.90 Å². The van der Waals surface area contributed by atoms with Crippen LogP contribution in [-0.2, 0) is 11.1 Å². The van der Waals surface area contributed by atoms with Gasteiger partial charge in [-0.05, 0) is 34.8 Å². The molecule has 0 saturated heterocycles. The van der Waals surface area contributed by atoms with Gasteiger partial charge in [0.25, 0.3) is 0 Å². The molecule has 0 aromatic heterocycles. The minimum Gasteiger partial charge on any atom is -0.768 e. The van der Waals surface area contributed by atoms with Crippen molar-refractivity contribution in [1.82, 2.24) is 0 Å². The Kier molecular flexibility index (Phi) is 3.12. The van der Waals surface area contributed by atoms with Gasteiger partial charge in [-0.3, -0.25) is 4.21 Å². The predicted molar refractivity (Wildman–Crippen MR) is 62.4 cm³/mol. The van der Waals surface area contributed by atoms with E-state index in [1.165, 1.54) is 18.2 Å². The quantitative estimate of drug-likeness (QED) is 0.630. The fourth-order valence-corrected chi connectivity index (χ4v) is 1.87. The van der Waals surface area contributed by atoms with Gasteiger partial charge in [-0.15, -0.1) is 0 Å². The molecular weight excluding hydrogens is 240 g/mol. The summed E-state index contributed by atoms with van der Waals surface area (Å²) in [5.74, 6) is -0.428. The Morgan fingerprint density at radius 1 is 1.00 bits per heavy atom. The van der Waals surface area contributed by atoms with Gasteiger partial charge >= 0.3 is 0 Å². The van der Waals surface area contributed by atoms with E-state index in [0.717, 1.165) is 0 Å². The van der Waals surface area contributed by atoms with Crippen molar-refractivity contribution in [3.8, 4) is 22.6 Å². The van der Waals surface area contributed by atoms with Crippen molar-refractivity contribution < 1.29 is 19.0 Å². The fourth-order valence-electron chi connectivity index (χ4n) is 1.51. The molecular formula is C12H9O4S-. The molecule has 0 aliphatic carbocycles. The van der Waals surface area contributed by atoms with E-state index < -0.39 is 11.1 Å². The molecule has 2 aromatic rings. The van der Waals surface area contributed by atoms with Crippen LogP contribution in [0.3, 0.4) is 0 Å². The molecule has 0 bridgehead atoms. The highest BCUT2D eigenvalue weighted by molar-refractivity contribution is 7.79. The minimum atomic E-state index is -2.27. The molecule has 0 saturated carbocycles. The smallest absolute Gasteiger partial charge is 0.165 e. The Morgan fingerprint density at radius 3 is 2.24 bits per heavy atom. The zero-order chi connectivity index (χ0) is 12.4. The second-order valence-corrected chi connectivity index (χ2v) is 4.37. The number of hydrogen-bond acceptors (Lipinski definition) is 4. The van der Waals surface area contributed by atoms with Crippen LogP contribution in [0.2, 0.25) is 0 Å². The lowest BCUT2D eigenvalue weighted by atomic mass is 10.0. The van der Waals surface area contributed by atoms with Gasteiger partial charge in [0.2, 0.25) is 0 Å². The number of rotatable bonds is 2. The second-order valence-electron chi connectivity index (χ2n) is 3.43. The lowest BCUT2D eigenvalue weighted by Crippen LogP contribution is -1.88. The number of para-hydroxylation sites is 1. The highest BCUT2D eigenvalue weighted by Gasteiger charge is 2.07. The summed E-state index contributed by atoms with van der Waals surface area (Å²) in [7, 11) is 0. The third-order valence-corrected chi connectivity index (χ3v) is 3.03. The van der Waals surface area contributed by atoms with E-state index in [9.17, 15) is 19.0 Å².